The fraction of sp³-hybridized carbons (Fsp3) is 0.280. The van der Waals surface area contributed by atoms with Gasteiger partial charge < -0.3 is 14.7 Å². The van der Waals surface area contributed by atoms with Crippen LogP contribution in [0.4, 0.5) is 5.13 Å². The second-order valence-electron chi connectivity index (χ2n) is 7.79. The van der Waals surface area contributed by atoms with Crippen LogP contribution in [0.3, 0.4) is 0 Å². The van der Waals surface area contributed by atoms with E-state index in [9.17, 15) is 4.79 Å². The third-order valence-corrected chi connectivity index (χ3v) is 7.48. The molecular weight excluding hydrogens is 476 g/mol. The second-order valence-corrected chi connectivity index (χ2v) is 10.3. The lowest BCUT2D eigenvalue weighted by Gasteiger charge is -2.21. The lowest BCUT2D eigenvalue weighted by molar-refractivity contribution is -0.136. The van der Waals surface area contributed by atoms with Gasteiger partial charge in [-0.1, -0.05) is 35.1 Å². The molecule has 2 heterocycles. The molecule has 0 saturated heterocycles. The summed E-state index contributed by atoms with van der Waals surface area (Å²) in [5.41, 5.74) is 3.06. The first kappa shape index (κ1) is 23.5. The number of halogens is 1. The number of aromatic nitrogens is 1. The maximum Gasteiger partial charge on any atom is 0.303 e. The molecule has 4 aromatic rings. The van der Waals surface area contributed by atoms with Crippen molar-refractivity contribution in [2.75, 3.05) is 18.1 Å². The molecule has 2 aromatic carbocycles. The molecule has 8 heteroatoms. The maximum absolute atomic E-state index is 10.8. The first-order chi connectivity index (χ1) is 16.0. The van der Waals surface area contributed by atoms with Gasteiger partial charge in [-0.15, -0.1) is 11.3 Å². The minimum absolute atomic E-state index is 0.138. The van der Waals surface area contributed by atoms with Gasteiger partial charge in [0.2, 0.25) is 0 Å². The molecule has 2 aromatic heterocycles. The monoisotopic (exact) mass is 500 g/mol. The molecule has 172 valence electrons. The van der Waals surface area contributed by atoms with Crippen molar-refractivity contribution >= 4 is 55.6 Å². The van der Waals surface area contributed by atoms with E-state index in [0.29, 0.717) is 13.0 Å². The number of benzene rings is 2. The number of aliphatic carboxylic acids is 1. The van der Waals surface area contributed by atoms with Crippen molar-refractivity contribution < 1.29 is 14.6 Å². The molecule has 0 saturated carbocycles. The van der Waals surface area contributed by atoms with E-state index in [1.165, 1.54) is 4.88 Å². The molecule has 1 N–H and O–H groups in total. The van der Waals surface area contributed by atoms with Gasteiger partial charge in [0.25, 0.3) is 0 Å². The van der Waals surface area contributed by atoms with Crippen molar-refractivity contribution in [3.8, 4) is 5.75 Å². The van der Waals surface area contributed by atoms with Gasteiger partial charge in [-0.05, 0) is 72.7 Å². The number of fused-ring (bicyclic) bond motifs is 1. The summed E-state index contributed by atoms with van der Waals surface area (Å²) in [5.74, 6) is 0.0315. The highest BCUT2D eigenvalue weighted by Crippen LogP contribution is 2.32. The number of hydrogen-bond acceptors (Lipinski definition) is 6. The van der Waals surface area contributed by atoms with Crippen molar-refractivity contribution in [2.24, 2.45) is 0 Å². The molecule has 0 spiro atoms. The molecule has 0 aliphatic heterocycles. The Hall–Kier alpha value is -2.61. The van der Waals surface area contributed by atoms with Gasteiger partial charge in [0.15, 0.2) is 5.13 Å². The molecular formula is C25H25ClN2O3S2. The van der Waals surface area contributed by atoms with E-state index in [1.807, 2.05) is 43.3 Å². The topological polar surface area (TPSA) is 62.7 Å². The smallest absolute Gasteiger partial charge is 0.303 e. The summed E-state index contributed by atoms with van der Waals surface area (Å²) in [4.78, 5) is 19.2. The second kappa shape index (κ2) is 11.0. The van der Waals surface area contributed by atoms with Crippen LogP contribution in [0, 0.1) is 6.92 Å². The van der Waals surface area contributed by atoms with E-state index < -0.39 is 5.97 Å². The van der Waals surface area contributed by atoms with Crippen LogP contribution in [0.25, 0.3) is 10.2 Å². The van der Waals surface area contributed by atoms with Crippen molar-refractivity contribution in [3.63, 3.8) is 0 Å². The number of carboxylic acids is 1. The van der Waals surface area contributed by atoms with Gasteiger partial charge in [-0.25, -0.2) is 4.98 Å². The Bertz CT molecular complexity index is 1220. The quantitative estimate of drug-likeness (QED) is 0.229. The summed E-state index contributed by atoms with van der Waals surface area (Å²) in [6.07, 6.45) is 1.52. The van der Waals surface area contributed by atoms with Crippen LogP contribution < -0.4 is 9.64 Å². The standard InChI is InChI=1S/C25H25ClN2O3S2/c1-17-14-20(8-5-18(17)6-10-24(29)30)31-12-3-11-28(16-21-4-2-13-32-21)25-27-22-9-7-19(26)15-23(22)33-25/h2,4-5,7-9,13-15H,3,6,10-12,16H2,1H3,(H,29,30). The fourth-order valence-corrected chi connectivity index (χ4v) is 5.57. The molecule has 0 atom stereocenters. The number of carboxylic acid groups (broad SMARTS) is 1. The maximum atomic E-state index is 10.8. The van der Waals surface area contributed by atoms with Crippen LogP contribution in [0.15, 0.2) is 53.9 Å². The van der Waals surface area contributed by atoms with E-state index in [0.717, 1.165) is 56.8 Å². The number of thiophene rings is 1. The zero-order chi connectivity index (χ0) is 23.2. The van der Waals surface area contributed by atoms with E-state index in [2.05, 4.69) is 22.4 Å². The molecule has 0 radical (unpaired) electrons. The Morgan fingerprint density at radius 2 is 2.09 bits per heavy atom. The van der Waals surface area contributed by atoms with Gasteiger partial charge in [0.05, 0.1) is 23.4 Å². The summed E-state index contributed by atoms with van der Waals surface area (Å²) in [6, 6.07) is 15.9. The van der Waals surface area contributed by atoms with E-state index in [4.69, 9.17) is 26.4 Å². The fourth-order valence-electron chi connectivity index (χ4n) is 3.58. The number of anilines is 1. The lowest BCUT2D eigenvalue weighted by atomic mass is 10.0. The van der Waals surface area contributed by atoms with Crippen LogP contribution in [0.5, 0.6) is 5.75 Å². The molecule has 0 aliphatic carbocycles. The Morgan fingerprint density at radius 1 is 1.21 bits per heavy atom. The highest BCUT2D eigenvalue weighted by molar-refractivity contribution is 7.22. The highest BCUT2D eigenvalue weighted by Gasteiger charge is 2.14. The summed E-state index contributed by atoms with van der Waals surface area (Å²) < 4.78 is 7.08. The van der Waals surface area contributed by atoms with Crippen molar-refractivity contribution in [1.82, 2.24) is 4.98 Å². The Labute approximate surface area is 206 Å². The predicted octanol–water partition coefficient (Wildman–Crippen LogP) is 6.81. The predicted molar refractivity (Wildman–Crippen MR) is 137 cm³/mol. The molecule has 5 nitrogen and oxygen atoms in total. The SMILES string of the molecule is Cc1cc(OCCCN(Cc2cccs2)c2nc3ccc(Cl)cc3s2)ccc1CCC(=O)O. The largest absolute Gasteiger partial charge is 0.494 e. The first-order valence-corrected chi connectivity index (χ1v) is 12.8. The first-order valence-electron chi connectivity index (χ1n) is 10.8. The van der Waals surface area contributed by atoms with E-state index in [-0.39, 0.29) is 6.42 Å². The molecule has 33 heavy (non-hydrogen) atoms. The van der Waals surface area contributed by atoms with Gasteiger partial charge in [0.1, 0.15) is 5.75 Å². The Kier molecular flexibility index (Phi) is 7.85. The molecule has 0 unspecified atom stereocenters. The van der Waals surface area contributed by atoms with Gasteiger partial charge in [-0.2, -0.15) is 0 Å². The van der Waals surface area contributed by atoms with Gasteiger partial charge in [-0.3, -0.25) is 4.79 Å². The van der Waals surface area contributed by atoms with Crippen molar-refractivity contribution in [2.45, 2.75) is 32.7 Å². The minimum atomic E-state index is -0.780. The summed E-state index contributed by atoms with van der Waals surface area (Å²) >= 11 is 9.56. The third-order valence-electron chi connectivity index (χ3n) is 5.30. The number of hydrogen-bond donors (Lipinski definition) is 1. The molecule has 0 fully saturated rings. The van der Waals surface area contributed by atoms with Gasteiger partial charge in [0, 0.05) is 22.9 Å². The van der Waals surface area contributed by atoms with Crippen LogP contribution in [0.2, 0.25) is 5.02 Å². The Morgan fingerprint density at radius 3 is 2.85 bits per heavy atom. The normalized spacial score (nSPS) is 11.1. The average molecular weight is 501 g/mol. The van der Waals surface area contributed by atoms with E-state index >= 15 is 0 Å². The van der Waals surface area contributed by atoms with Gasteiger partial charge >= 0.3 is 5.97 Å². The summed E-state index contributed by atoms with van der Waals surface area (Å²) in [5, 5.41) is 12.7. The number of carbonyl (C=O) groups is 1. The number of ether oxygens (including phenoxy) is 1. The number of thiazole rings is 1. The van der Waals surface area contributed by atoms with Crippen molar-refractivity contribution in [1.29, 1.82) is 0 Å². The molecule has 0 aliphatic rings. The highest BCUT2D eigenvalue weighted by atomic mass is 35.5. The summed E-state index contributed by atoms with van der Waals surface area (Å²) in [7, 11) is 0. The molecule has 4 rings (SSSR count). The minimum Gasteiger partial charge on any atom is -0.494 e. The Balaban J connectivity index is 1.38. The average Bonchev–Trinajstić information content (AvgIpc) is 3.44. The van der Waals surface area contributed by atoms with Crippen LogP contribution >= 0.6 is 34.3 Å². The third kappa shape index (κ3) is 6.47. The number of nitrogens with zero attached hydrogens (tertiary/aromatic N) is 2. The van der Waals surface area contributed by atoms with Crippen LogP contribution in [-0.2, 0) is 17.8 Å². The number of aryl methyl sites for hydroxylation is 2. The molecule has 0 bridgehead atoms. The number of rotatable bonds is 11. The molecule has 0 amide bonds. The van der Waals surface area contributed by atoms with Crippen LogP contribution in [0.1, 0.15) is 28.8 Å². The zero-order valence-electron chi connectivity index (χ0n) is 18.3. The zero-order valence-corrected chi connectivity index (χ0v) is 20.7. The van der Waals surface area contributed by atoms with Crippen LogP contribution in [-0.4, -0.2) is 29.2 Å². The van der Waals surface area contributed by atoms with Crippen molar-refractivity contribution in [3.05, 3.63) is 74.9 Å². The van der Waals surface area contributed by atoms with E-state index in [1.54, 1.807) is 22.7 Å². The summed E-state index contributed by atoms with van der Waals surface area (Å²) in [6.45, 7) is 4.21. The lowest BCUT2D eigenvalue weighted by Crippen LogP contribution is -2.24.